The maximum absolute atomic E-state index is 12.0. The molecule has 0 fully saturated rings. The second kappa shape index (κ2) is 24.2. The van der Waals surface area contributed by atoms with Crippen LogP contribution in [-0.4, -0.2) is 46.3 Å². The summed E-state index contributed by atoms with van der Waals surface area (Å²) in [5, 5.41) is 9.01. The third-order valence-electron chi connectivity index (χ3n) is 7.55. The lowest BCUT2D eigenvalue weighted by Crippen LogP contribution is -2.35. The summed E-state index contributed by atoms with van der Waals surface area (Å²) < 4.78 is 5.13. The van der Waals surface area contributed by atoms with Crippen LogP contribution >= 0.6 is 47.5 Å². The Morgan fingerprint density at radius 3 is 1.53 bits per heavy atom. The number of amides is 1. The van der Waals surface area contributed by atoms with Gasteiger partial charge in [-0.25, -0.2) is 14.8 Å². The van der Waals surface area contributed by atoms with Gasteiger partial charge in [-0.15, -0.1) is 47.5 Å². The molecule has 51 heavy (non-hydrogen) atoms. The number of carbonyl (C=O) groups is 3. The van der Waals surface area contributed by atoms with Crippen LogP contribution in [0.15, 0.2) is 59.3 Å². The van der Waals surface area contributed by atoms with E-state index in [4.69, 9.17) is 10.5 Å². The summed E-state index contributed by atoms with van der Waals surface area (Å²) in [5.41, 5.74) is 12.2. The fraction of sp³-hybridized carbons (Fsp3) is 0.462. The van der Waals surface area contributed by atoms with Gasteiger partial charge in [0.2, 0.25) is 0 Å². The second-order valence-corrected chi connectivity index (χ2v) is 15.3. The standard InChI is InChI=1S/C22H30N2O3S.C17H22N2OS.2ClH/c1-16-24-19(15-28-16)12-11-18-8-5-7-17(13-18)9-6-10-20(25)14-23-21(26)27-22(2,3)4;1-13-19-16(12-21-13)9-8-15-5-2-4-14(10-15)6-3-7-17(20)11-18;;/h5,7-8,13,15H,6,9-12,14H2,1-4H3,(H,23,26);2,4-5,10,12H,3,6-9,11,18H2,1H3;2*1H. The number of carbonyl (C=O) groups excluding carboxylic acids is 3. The van der Waals surface area contributed by atoms with Crippen LogP contribution in [0.5, 0.6) is 0 Å². The van der Waals surface area contributed by atoms with Crippen LogP contribution in [0, 0.1) is 13.8 Å². The van der Waals surface area contributed by atoms with E-state index in [2.05, 4.69) is 74.6 Å². The summed E-state index contributed by atoms with van der Waals surface area (Å²) in [4.78, 5) is 43.7. The fourth-order valence-electron chi connectivity index (χ4n) is 5.13. The molecule has 0 aliphatic carbocycles. The number of aryl methyl sites for hydroxylation is 8. The highest BCUT2D eigenvalue weighted by Crippen LogP contribution is 2.16. The number of nitrogens with one attached hydrogen (secondary N) is 1. The van der Waals surface area contributed by atoms with E-state index in [1.807, 2.05) is 13.8 Å². The Labute approximate surface area is 324 Å². The molecular weight excluding hydrogens is 723 g/mol. The fourth-order valence-corrected chi connectivity index (χ4v) is 6.42. The van der Waals surface area contributed by atoms with Crippen LogP contribution in [0.1, 0.15) is 90.1 Å². The number of ether oxygens (including phenoxy) is 1. The first kappa shape index (κ1) is 45.9. The van der Waals surface area contributed by atoms with Crippen LogP contribution in [-0.2, 0) is 52.9 Å². The molecule has 0 bridgehead atoms. The molecule has 0 spiro atoms. The molecule has 12 heteroatoms. The van der Waals surface area contributed by atoms with Gasteiger partial charge in [-0.3, -0.25) is 9.59 Å². The van der Waals surface area contributed by atoms with Crippen LogP contribution < -0.4 is 11.1 Å². The summed E-state index contributed by atoms with van der Waals surface area (Å²) in [6.07, 6.45) is 7.82. The first-order valence-corrected chi connectivity index (χ1v) is 18.8. The van der Waals surface area contributed by atoms with Crippen molar-refractivity contribution in [3.8, 4) is 0 Å². The molecule has 2 aromatic carbocycles. The van der Waals surface area contributed by atoms with Gasteiger partial charge in [0, 0.05) is 23.6 Å². The van der Waals surface area contributed by atoms with E-state index in [0.29, 0.717) is 12.8 Å². The zero-order chi connectivity index (χ0) is 35.6. The third-order valence-corrected chi connectivity index (χ3v) is 9.20. The number of alkyl carbamates (subject to hydrolysis) is 1. The summed E-state index contributed by atoms with van der Waals surface area (Å²) >= 11 is 3.39. The zero-order valence-electron chi connectivity index (χ0n) is 30.5. The molecule has 0 aliphatic rings. The van der Waals surface area contributed by atoms with Gasteiger partial charge in [-0.1, -0.05) is 48.5 Å². The van der Waals surface area contributed by atoms with Crippen LogP contribution in [0.3, 0.4) is 0 Å². The molecule has 1 amide bonds. The summed E-state index contributed by atoms with van der Waals surface area (Å²) in [6.45, 7) is 9.62. The van der Waals surface area contributed by atoms with E-state index in [1.165, 1.54) is 27.9 Å². The predicted molar refractivity (Wildman–Crippen MR) is 215 cm³/mol. The normalized spacial score (nSPS) is 10.6. The maximum Gasteiger partial charge on any atom is 0.408 e. The number of hydrogen-bond donors (Lipinski definition) is 2. The number of rotatable bonds is 17. The van der Waals surface area contributed by atoms with Crippen molar-refractivity contribution >= 4 is 65.1 Å². The molecule has 280 valence electrons. The molecular formula is C39H54Cl2N4O4S2. The van der Waals surface area contributed by atoms with Crippen molar-refractivity contribution in [3.63, 3.8) is 0 Å². The third kappa shape index (κ3) is 19.9. The summed E-state index contributed by atoms with van der Waals surface area (Å²) in [7, 11) is 0. The lowest BCUT2D eigenvalue weighted by Gasteiger charge is -2.19. The largest absolute Gasteiger partial charge is 0.444 e. The lowest BCUT2D eigenvalue weighted by atomic mass is 10.0. The molecule has 4 aromatic rings. The van der Waals surface area contributed by atoms with Crippen molar-refractivity contribution in [3.05, 3.63) is 103 Å². The smallest absolute Gasteiger partial charge is 0.408 e. The molecule has 2 aromatic heterocycles. The molecule has 0 atom stereocenters. The van der Waals surface area contributed by atoms with Gasteiger partial charge in [0.15, 0.2) is 5.78 Å². The van der Waals surface area contributed by atoms with Gasteiger partial charge < -0.3 is 15.8 Å². The van der Waals surface area contributed by atoms with Crippen LogP contribution in [0.4, 0.5) is 4.79 Å². The van der Waals surface area contributed by atoms with Crippen molar-refractivity contribution in [2.75, 3.05) is 13.1 Å². The highest BCUT2D eigenvalue weighted by atomic mass is 35.5. The minimum absolute atomic E-state index is 0. The molecule has 3 N–H and O–H groups in total. The van der Waals surface area contributed by atoms with Crippen molar-refractivity contribution in [1.82, 2.24) is 15.3 Å². The average Bonchev–Trinajstić information content (AvgIpc) is 3.68. The van der Waals surface area contributed by atoms with Crippen molar-refractivity contribution < 1.29 is 19.1 Å². The molecule has 4 rings (SSSR count). The number of ketones is 2. The molecule has 0 radical (unpaired) electrons. The molecule has 0 saturated carbocycles. The second-order valence-electron chi connectivity index (χ2n) is 13.2. The number of nitrogens with two attached hydrogens (primary N) is 1. The number of aromatic nitrogens is 2. The first-order chi connectivity index (χ1) is 23.4. The maximum atomic E-state index is 12.0. The molecule has 8 nitrogen and oxygen atoms in total. The molecule has 0 saturated heterocycles. The molecule has 0 aliphatic heterocycles. The Morgan fingerprint density at radius 2 is 1.14 bits per heavy atom. The molecule has 0 unspecified atom stereocenters. The number of halogens is 2. The quantitative estimate of drug-likeness (QED) is 0.110. The van der Waals surface area contributed by atoms with Gasteiger partial charge in [-0.2, -0.15) is 0 Å². The van der Waals surface area contributed by atoms with E-state index < -0.39 is 11.7 Å². The van der Waals surface area contributed by atoms with Gasteiger partial charge in [-0.05, 0) is 108 Å². The van der Waals surface area contributed by atoms with Gasteiger partial charge in [0.25, 0.3) is 0 Å². The van der Waals surface area contributed by atoms with Gasteiger partial charge >= 0.3 is 6.09 Å². The van der Waals surface area contributed by atoms with Crippen molar-refractivity contribution in [2.24, 2.45) is 5.73 Å². The molecule has 2 heterocycles. The predicted octanol–water partition coefficient (Wildman–Crippen LogP) is 8.58. The average molecular weight is 778 g/mol. The Balaban J connectivity index is 0.000000509. The highest BCUT2D eigenvalue weighted by molar-refractivity contribution is 7.09. The summed E-state index contributed by atoms with van der Waals surface area (Å²) in [6, 6.07) is 17.1. The van der Waals surface area contributed by atoms with Gasteiger partial charge in [0.05, 0.1) is 34.5 Å². The Bertz CT molecular complexity index is 1630. The monoisotopic (exact) mass is 776 g/mol. The van der Waals surface area contributed by atoms with E-state index in [0.717, 1.165) is 67.1 Å². The minimum atomic E-state index is -0.559. The topological polar surface area (TPSA) is 124 Å². The number of nitrogens with zero attached hydrogens (tertiary/aromatic N) is 2. The SMILES string of the molecule is Cc1nc(CCc2cccc(CCCC(=O)CN)c2)cs1.Cc1nc(CCc2cccc(CCCC(=O)CNC(=O)OC(C)(C)C)c2)cs1.Cl.Cl. The zero-order valence-corrected chi connectivity index (χ0v) is 33.8. The van der Waals surface area contributed by atoms with Gasteiger partial charge in [0.1, 0.15) is 11.4 Å². The Hall–Kier alpha value is -3.15. The van der Waals surface area contributed by atoms with Crippen molar-refractivity contribution in [2.45, 2.75) is 104 Å². The lowest BCUT2D eigenvalue weighted by molar-refractivity contribution is -0.118. The van der Waals surface area contributed by atoms with E-state index in [1.54, 1.807) is 43.4 Å². The minimum Gasteiger partial charge on any atom is -0.444 e. The number of benzene rings is 2. The van der Waals surface area contributed by atoms with E-state index >= 15 is 0 Å². The summed E-state index contributed by atoms with van der Waals surface area (Å²) in [5.74, 6) is 0.158. The highest BCUT2D eigenvalue weighted by Gasteiger charge is 2.16. The van der Waals surface area contributed by atoms with Crippen LogP contribution in [0.25, 0.3) is 0 Å². The Kier molecular flexibility index (Phi) is 21.7. The van der Waals surface area contributed by atoms with E-state index in [9.17, 15) is 14.4 Å². The Morgan fingerprint density at radius 1 is 0.706 bits per heavy atom. The number of hydrogen-bond acceptors (Lipinski definition) is 9. The first-order valence-electron chi connectivity index (χ1n) is 17.1. The number of thiazole rings is 2. The van der Waals surface area contributed by atoms with Crippen molar-refractivity contribution in [1.29, 1.82) is 0 Å². The van der Waals surface area contributed by atoms with E-state index in [-0.39, 0.29) is 49.5 Å². The number of Topliss-reactive ketones (excluding diaryl/α,β-unsaturated/α-hetero) is 2. The van der Waals surface area contributed by atoms with Crippen LogP contribution in [0.2, 0.25) is 0 Å².